The van der Waals surface area contributed by atoms with E-state index in [0.29, 0.717) is 11.3 Å². The Labute approximate surface area is 123 Å². The monoisotopic (exact) mass is 291 g/mol. The molecule has 0 saturated carbocycles. The number of benzene rings is 1. The third-order valence-corrected chi connectivity index (χ3v) is 3.34. The van der Waals surface area contributed by atoms with E-state index in [1.54, 1.807) is 18.5 Å². The van der Waals surface area contributed by atoms with Crippen LogP contribution in [0.4, 0.5) is 0 Å². The van der Waals surface area contributed by atoms with E-state index in [-0.39, 0.29) is 5.54 Å². The number of carbonyl (C=O) groups is 1. The molecule has 0 aliphatic carbocycles. The molecule has 2 rings (SSSR count). The molecule has 0 saturated heterocycles. The van der Waals surface area contributed by atoms with E-state index in [4.69, 9.17) is 15.2 Å². The third kappa shape index (κ3) is 3.33. The second kappa shape index (κ2) is 5.73. The predicted octanol–water partition coefficient (Wildman–Crippen LogP) is 1.96. The van der Waals surface area contributed by atoms with Crippen molar-refractivity contribution >= 4 is 17.0 Å². The number of nitrogens with zero attached hydrogens (tertiary/aromatic N) is 2. The smallest absolute Gasteiger partial charge is 0.341 e. The molecule has 6 heteroatoms. The molecule has 114 valence electrons. The van der Waals surface area contributed by atoms with Crippen LogP contribution in [0.1, 0.15) is 30.6 Å². The first-order valence-electron chi connectivity index (χ1n) is 6.76. The van der Waals surface area contributed by atoms with Gasteiger partial charge in [-0.1, -0.05) is 0 Å². The Morgan fingerprint density at radius 3 is 2.67 bits per heavy atom. The van der Waals surface area contributed by atoms with Crippen molar-refractivity contribution in [2.45, 2.75) is 32.4 Å². The summed E-state index contributed by atoms with van der Waals surface area (Å²) in [7, 11) is 2.87. The van der Waals surface area contributed by atoms with Crippen LogP contribution in [-0.4, -0.2) is 35.3 Å². The average molecular weight is 291 g/mol. The van der Waals surface area contributed by atoms with Gasteiger partial charge in [0.15, 0.2) is 0 Å². The number of carbonyl (C=O) groups excluding carboxylic acids is 1. The minimum atomic E-state index is -0.439. The topological polar surface area (TPSA) is 79.4 Å². The van der Waals surface area contributed by atoms with Crippen LogP contribution in [0.15, 0.2) is 18.5 Å². The molecule has 0 spiro atoms. The van der Waals surface area contributed by atoms with Crippen molar-refractivity contribution in [1.82, 2.24) is 9.55 Å². The zero-order chi connectivity index (χ0) is 15.6. The van der Waals surface area contributed by atoms with Crippen molar-refractivity contribution in [3.8, 4) is 5.75 Å². The van der Waals surface area contributed by atoms with Gasteiger partial charge in [0.1, 0.15) is 11.3 Å². The number of imidazole rings is 1. The lowest BCUT2D eigenvalue weighted by Crippen LogP contribution is -2.33. The van der Waals surface area contributed by atoms with Gasteiger partial charge in [-0.3, -0.25) is 0 Å². The molecule has 0 unspecified atom stereocenters. The molecule has 0 radical (unpaired) electrons. The fourth-order valence-corrected chi connectivity index (χ4v) is 2.11. The molecule has 1 aromatic heterocycles. The standard InChI is InChI=1S/C15H21N3O3/c1-15(2,16)5-6-18-9-17-11-7-10(14(19)21-4)13(20-3)8-12(11)18/h7-9H,5-6,16H2,1-4H3. The lowest BCUT2D eigenvalue weighted by Gasteiger charge is -2.18. The first-order valence-corrected chi connectivity index (χ1v) is 6.76. The molecule has 0 atom stereocenters. The number of esters is 1. The van der Waals surface area contributed by atoms with E-state index in [1.807, 2.05) is 18.4 Å². The number of ether oxygens (including phenoxy) is 2. The number of fused-ring (bicyclic) bond motifs is 1. The molecule has 21 heavy (non-hydrogen) atoms. The van der Waals surface area contributed by atoms with Gasteiger partial charge in [0.25, 0.3) is 0 Å². The Balaban J connectivity index is 2.42. The summed E-state index contributed by atoms with van der Waals surface area (Å²) in [6.07, 6.45) is 2.57. The summed E-state index contributed by atoms with van der Waals surface area (Å²) >= 11 is 0. The molecule has 2 aromatic rings. The van der Waals surface area contributed by atoms with Crippen LogP contribution in [0.25, 0.3) is 11.0 Å². The molecular formula is C15H21N3O3. The maximum Gasteiger partial charge on any atom is 0.341 e. The number of hydrogen-bond acceptors (Lipinski definition) is 5. The number of methoxy groups -OCH3 is 2. The number of rotatable bonds is 5. The van der Waals surface area contributed by atoms with Crippen molar-refractivity contribution in [3.05, 3.63) is 24.0 Å². The number of aryl methyl sites for hydroxylation is 1. The molecule has 6 nitrogen and oxygen atoms in total. The number of hydrogen-bond donors (Lipinski definition) is 1. The molecule has 2 N–H and O–H groups in total. The second-order valence-electron chi connectivity index (χ2n) is 5.71. The third-order valence-electron chi connectivity index (χ3n) is 3.34. The lowest BCUT2D eigenvalue weighted by atomic mass is 10.0. The van der Waals surface area contributed by atoms with Gasteiger partial charge in [0.05, 0.1) is 31.6 Å². The van der Waals surface area contributed by atoms with Gasteiger partial charge < -0.3 is 19.8 Å². The first kappa shape index (κ1) is 15.3. The summed E-state index contributed by atoms with van der Waals surface area (Å²) in [6, 6.07) is 3.49. The Kier molecular flexibility index (Phi) is 4.18. The summed E-state index contributed by atoms with van der Waals surface area (Å²) in [4.78, 5) is 16.1. The highest BCUT2D eigenvalue weighted by Gasteiger charge is 2.17. The van der Waals surface area contributed by atoms with Crippen LogP contribution >= 0.6 is 0 Å². The minimum absolute atomic E-state index is 0.243. The summed E-state index contributed by atoms with van der Waals surface area (Å²) in [5.41, 5.74) is 7.78. The fourth-order valence-electron chi connectivity index (χ4n) is 2.11. The second-order valence-corrected chi connectivity index (χ2v) is 5.71. The van der Waals surface area contributed by atoms with Crippen LogP contribution in [0.2, 0.25) is 0 Å². The van der Waals surface area contributed by atoms with Gasteiger partial charge in [-0.25, -0.2) is 9.78 Å². The van der Waals surface area contributed by atoms with E-state index in [2.05, 4.69) is 4.98 Å². The molecule has 0 aliphatic rings. The first-order chi connectivity index (χ1) is 9.85. The summed E-state index contributed by atoms with van der Waals surface area (Å²) < 4.78 is 12.0. The van der Waals surface area contributed by atoms with Gasteiger partial charge in [-0.15, -0.1) is 0 Å². The molecule has 0 aliphatic heterocycles. The maximum absolute atomic E-state index is 11.7. The fraction of sp³-hybridized carbons (Fsp3) is 0.467. The molecule has 0 fully saturated rings. The largest absolute Gasteiger partial charge is 0.496 e. The molecule has 0 bridgehead atoms. The summed E-state index contributed by atoms with van der Waals surface area (Å²) in [6.45, 7) is 4.73. The average Bonchev–Trinajstić information content (AvgIpc) is 2.84. The zero-order valence-corrected chi connectivity index (χ0v) is 12.8. The number of nitrogens with two attached hydrogens (primary N) is 1. The summed E-state index contributed by atoms with van der Waals surface area (Å²) in [5, 5.41) is 0. The maximum atomic E-state index is 11.7. The van der Waals surface area contributed by atoms with Crippen LogP contribution in [-0.2, 0) is 11.3 Å². The van der Waals surface area contributed by atoms with E-state index in [1.165, 1.54) is 14.2 Å². The highest BCUT2D eigenvalue weighted by atomic mass is 16.5. The minimum Gasteiger partial charge on any atom is -0.496 e. The van der Waals surface area contributed by atoms with Crippen LogP contribution < -0.4 is 10.5 Å². The Hall–Kier alpha value is -2.08. The van der Waals surface area contributed by atoms with Gasteiger partial charge in [-0.05, 0) is 26.3 Å². The van der Waals surface area contributed by atoms with E-state index in [0.717, 1.165) is 24.0 Å². The van der Waals surface area contributed by atoms with Crippen molar-refractivity contribution in [1.29, 1.82) is 0 Å². The van der Waals surface area contributed by atoms with E-state index >= 15 is 0 Å². The Morgan fingerprint density at radius 1 is 1.38 bits per heavy atom. The zero-order valence-electron chi connectivity index (χ0n) is 12.8. The molecule has 1 heterocycles. The number of aromatic nitrogens is 2. The molecule has 0 amide bonds. The van der Waals surface area contributed by atoms with E-state index < -0.39 is 5.97 Å². The van der Waals surface area contributed by atoms with Gasteiger partial charge in [0.2, 0.25) is 0 Å². The van der Waals surface area contributed by atoms with Crippen LogP contribution in [0.5, 0.6) is 5.75 Å². The van der Waals surface area contributed by atoms with Crippen LogP contribution in [0.3, 0.4) is 0 Å². The quantitative estimate of drug-likeness (QED) is 0.852. The van der Waals surface area contributed by atoms with Crippen LogP contribution in [0, 0.1) is 0 Å². The van der Waals surface area contributed by atoms with Gasteiger partial charge in [-0.2, -0.15) is 0 Å². The van der Waals surface area contributed by atoms with Gasteiger partial charge in [0, 0.05) is 18.2 Å². The summed E-state index contributed by atoms with van der Waals surface area (Å²) in [5.74, 6) is 0.0366. The van der Waals surface area contributed by atoms with Crippen molar-refractivity contribution in [2.24, 2.45) is 5.73 Å². The van der Waals surface area contributed by atoms with Crippen molar-refractivity contribution in [2.75, 3.05) is 14.2 Å². The van der Waals surface area contributed by atoms with Crippen molar-refractivity contribution < 1.29 is 14.3 Å². The normalized spacial score (nSPS) is 11.7. The Morgan fingerprint density at radius 2 is 2.10 bits per heavy atom. The molecule has 1 aromatic carbocycles. The molecular weight excluding hydrogens is 270 g/mol. The van der Waals surface area contributed by atoms with Crippen molar-refractivity contribution in [3.63, 3.8) is 0 Å². The van der Waals surface area contributed by atoms with E-state index in [9.17, 15) is 4.79 Å². The highest BCUT2D eigenvalue weighted by molar-refractivity contribution is 5.97. The lowest BCUT2D eigenvalue weighted by molar-refractivity contribution is 0.0597. The SMILES string of the molecule is COC(=O)c1cc2ncn(CCC(C)(C)N)c2cc1OC. The Bertz CT molecular complexity index is 656. The van der Waals surface area contributed by atoms with Gasteiger partial charge >= 0.3 is 5.97 Å². The predicted molar refractivity (Wildman–Crippen MR) is 80.5 cm³/mol. The highest BCUT2D eigenvalue weighted by Crippen LogP contribution is 2.26.